The van der Waals surface area contributed by atoms with Gasteiger partial charge in [-0.3, -0.25) is 0 Å². The van der Waals surface area contributed by atoms with Crippen LogP contribution >= 0.6 is 0 Å². The van der Waals surface area contributed by atoms with E-state index in [4.69, 9.17) is 5.26 Å². The van der Waals surface area contributed by atoms with Gasteiger partial charge in [0.2, 0.25) is 0 Å². The van der Waals surface area contributed by atoms with Gasteiger partial charge in [0, 0.05) is 25.7 Å². The lowest BCUT2D eigenvalue weighted by Crippen LogP contribution is -2.30. The van der Waals surface area contributed by atoms with E-state index in [9.17, 15) is 0 Å². The van der Waals surface area contributed by atoms with Crippen LogP contribution in [0.2, 0.25) is 0 Å². The number of rotatable bonds is 1. The Morgan fingerprint density at radius 1 is 1.42 bits per heavy atom. The van der Waals surface area contributed by atoms with Crippen LogP contribution in [0, 0.1) is 37.0 Å². The summed E-state index contributed by atoms with van der Waals surface area (Å²) >= 11 is 0. The van der Waals surface area contributed by atoms with E-state index >= 15 is 0 Å². The molecule has 2 aliphatic rings. The van der Waals surface area contributed by atoms with Crippen LogP contribution in [-0.4, -0.2) is 30.7 Å². The summed E-state index contributed by atoms with van der Waals surface area (Å²) in [6, 6.07) is 4.90. The quantitative estimate of drug-likeness (QED) is 0.829. The fourth-order valence-electron chi connectivity index (χ4n) is 3.50. The zero-order valence-electron chi connectivity index (χ0n) is 11.8. The van der Waals surface area contributed by atoms with Crippen molar-refractivity contribution >= 4 is 5.82 Å². The number of pyridine rings is 1. The van der Waals surface area contributed by atoms with Crippen LogP contribution in [0.4, 0.5) is 5.82 Å². The maximum absolute atomic E-state index is 9.11. The number of aromatic nitrogens is 1. The van der Waals surface area contributed by atoms with Gasteiger partial charge in [0.05, 0.1) is 11.3 Å². The average molecular weight is 256 g/mol. The van der Waals surface area contributed by atoms with Crippen LogP contribution in [-0.2, 0) is 0 Å². The topological polar surface area (TPSA) is 52.0 Å². The third-order valence-electron chi connectivity index (χ3n) is 4.66. The van der Waals surface area contributed by atoms with Gasteiger partial charge in [0.15, 0.2) is 0 Å². The first-order valence-corrected chi connectivity index (χ1v) is 6.97. The van der Waals surface area contributed by atoms with Crippen molar-refractivity contribution in [2.75, 3.05) is 24.5 Å². The molecule has 4 heteroatoms. The number of anilines is 1. The Morgan fingerprint density at radius 2 is 2.21 bits per heavy atom. The summed E-state index contributed by atoms with van der Waals surface area (Å²) in [7, 11) is 0. The molecule has 1 aromatic rings. The van der Waals surface area contributed by atoms with E-state index in [0.717, 1.165) is 54.1 Å². The van der Waals surface area contributed by atoms with Crippen LogP contribution < -0.4 is 10.2 Å². The minimum absolute atomic E-state index is 0.607. The summed E-state index contributed by atoms with van der Waals surface area (Å²) in [4.78, 5) is 7.00. The van der Waals surface area contributed by atoms with Gasteiger partial charge in [-0.15, -0.1) is 0 Å². The number of hydrogen-bond acceptors (Lipinski definition) is 4. The highest BCUT2D eigenvalue weighted by molar-refractivity contribution is 5.51. The van der Waals surface area contributed by atoms with E-state index in [-0.39, 0.29) is 0 Å². The van der Waals surface area contributed by atoms with Gasteiger partial charge in [-0.25, -0.2) is 4.98 Å². The molecule has 0 radical (unpaired) electrons. The molecular weight excluding hydrogens is 236 g/mol. The monoisotopic (exact) mass is 256 g/mol. The van der Waals surface area contributed by atoms with Crippen LogP contribution in [0.25, 0.3) is 0 Å². The number of aryl methyl sites for hydroxylation is 2. The van der Waals surface area contributed by atoms with Gasteiger partial charge >= 0.3 is 0 Å². The molecule has 3 rings (SSSR count). The fraction of sp³-hybridized carbons (Fsp3) is 0.600. The molecule has 4 nitrogen and oxygen atoms in total. The summed E-state index contributed by atoms with van der Waals surface area (Å²) in [5.41, 5.74) is 2.60. The molecule has 0 amide bonds. The molecule has 1 aromatic heterocycles. The average Bonchev–Trinajstić information content (AvgIpc) is 2.92. The lowest BCUT2D eigenvalue weighted by atomic mass is 9.95. The lowest BCUT2D eigenvalue weighted by molar-refractivity contribution is 0.464. The molecule has 1 N–H and O–H groups in total. The first-order chi connectivity index (χ1) is 9.10. The van der Waals surface area contributed by atoms with Crippen molar-refractivity contribution in [3.63, 3.8) is 0 Å². The minimum atomic E-state index is 0.607. The molecule has 3 atom stereocenters. The normalized spacial score (nSPS) is 29.4. The molecule has 0 spiro atoms. The summed E-state index contributed by atoms with van der Waals surface area (Å²) in [5.74, 6) is 2.52. The van der Waals surface area contributed by atoms with Crippen molar-refractivity contribution in [2.45, 2.75) is 26.8 Å². The zero-order chi connectivity index (χ0) is 13.6. The number of hydrogen-bond donors (Lipinski definition) is 1. The predicted octanol–water partition coefficient (Wildman–Crippen LogP) is 1.61. The molecule has 2 fully saturated rings. The van der Waals surface area contributed by atoms with Crippen LogP contribution in [0.3, 0.4) is 0 Å². The second-order valence-electron chi connectivity index (χ2n) is 5.90. The van der Waals surface area contributed by atoms with Crippen molar-refractivity contribution < 1.29 is 0 Å². The molecule has 2 aliphatic heterocycles. The summed E-state index contributed by atoms with van der Waals surface area (Å²) in [6.07, 6.45) is 0. The second kappa shape index (κ2) is 4.50. The van der Waals surface area contributed by atoms with Gasteiger partial charge < -0.3 is 10.2 Å². The Hall–Kier alpha value is -1.60. The van der Waals surface area contributed by atoms with Crippen molar-refractivity contribution in [1.29, 1.82) is 5.26 Å². The van der Waals surface area contributed by atoms with Gasteiger partial charge in [-0.2, -0.15) is 5.26 Å². The molecule has 0 saturated carbocycles. The van der Waals surface area contributed by atoms with Crippen molar-refractivity contribution in [3.05, 3.63) is 22.9 Å². The van der Waals surface area contributed by atoms with Crippen LogP contribution in [0.15, 0.2) is 6.07 Å². The highest BCUT2D eigenvalue weighted by Gasteiger charge is 2.40. The Balaban J connectivity index is 1.87. The predicted molar refractivity (Wildman–Crippen MR) is 75.1 cm³/mol. The second-order valence-corrected chi connectivity index (χ2v) is 5.90. The minimum Gasteiger partial charge on any atom is -0.356 e. The van der Waals surface area contributed by atoms with Gasteiger partial charge in [0.25, 0.3) is 0 Å². The zero-order valence-corrected chi connectivity index (χ0v) is 11.8. The van der Waals surface area contributed by atoms with E-state index in [1.54, 1.807) is 0 Å². The highest BCUT2D eigenvalue weighted by atomic mass is 15.2. The van der Waals surface area contributed by atoms with E-state index in [0.29, 0.717) is 6.04 Å². The highest BCUT2D eigenvalue weighted by Crippen LogP contribution is 2.33. The lowest BCUT2D eigenvalue weighted by Gasteiger charge is -2.21. The maximum Gasteiger partial charge on any atom is 0.129 e. The largest absolute Gasteiger partial charge is 0.356 e. The van der Waals surface area contributed by atoms with Crippen molar-refractivity contribution in [2.24, 2.45) is 11.8 Å². The van der Waals surface area contributed by atoms with E-state index < -0.39 is 0 Å². The summed E-state index contributed by atoms with van der Waals surface area (Å²) < 4.78 is 0. The van der Waals surface area contributed by atoms with Crippen LogP contribution in [0.1, 0.15) is 23.7 Å². The molecule has 19 heavy (non-hydrogen) atoms. The maximum atomic E-state index is 9.11. The molecule has 100 valence electrons. The first kappa shape index (κ1) is 12.4. The molecule has 0 bridgehead atoms. The SMILES string of the molecule is Cc1cc(N2C[C@@H]3CN[C@@H](C)[C@@H]3C2)nc(C)c1C#N. The Kier molecular flexibility index (Phi) is 2.94. The molecule has 3 heterocycles. The van der Waals surface area contributed by atoms with Gasteiger partial charge in [-0.05, 0) is 44.2 Å². The van der Waals surface area contributed by atoms with E-state index in [1.807, 2.05) is 13.8 Å². The smallest absolute Gasteiger partial charge is 0.129 e. The Bertz CT molecular complexity index is 523. The Labute approximate surface area is 114 Å². The third-order valence-corrected chi connectivity index (χ3v) is 4.66. The third kappa shape index (κ3) is 1.98. The van der Waals surface area contributed by atoms with Crippen molar-refractivity contribution in [1.82, 2.24) is 10.3 Å². The fourth-order valence-corrected chi connectivity index (χ4v) is 3.50. The number of nitrogens with one attached hydrogen (secondary N) is 1. The summed E-state index contributed by atoms with van der Waals surface area (Å²) in [6.45, 7) is 9.48. The molecule has 0 unspecified atom stereocenters. The number of nitrogens with zero attached hydrogens (tertiary/aromatic N) is 3. The molecule has 2 saturated heterocycles. The van der Waals surface area contributed by atoms with E-state index in [2.05, 4.69) is 34.3 Å². The Morgan fingerprint density at radius 3 is 2.84 bits per heavy atom. The van der Waals surface area contributed by atoms with Gasteiger partial charge in [-0.1, -0.05) is 0 Å². The standard InChI is InChI=1S/C15H20N4/c1-9-4-15(18-11(3)13(9)5-16)19-7-12-6-17-10(2)14(12)8-19/h4,10,12,14,17H,6-8H2,1-3H3/t10-,12-,14-/m0/s1. The molecule has 0 aromatic carbocycles. The number of nitriles is 1. The first-order valence-electron chi connectivity index (χ1n) is 6.97. The molecule has 0 aliphatic carbocycles. The van der Waals surface area contributed by atoms with E-state index in [1.165, 1.54) is 0 Å². The number of fused-ring (bicyclic) bond motifs is 1. The van der Waals surface area contributed by atoms with Gasteiger partial charge in [0.1, 0.15) is 11.9 Å². The summed E-state index contributed by atoms with van der Waals surface area (Å²) in [5, 5.41) is 12.7. The van der Waals surface area contributed by atoms with Crippen LogP contribution in [0.5, 0.6) is 0 Å². The van der Waals surface area contributed by atoms with Crippen molar-refractivity contribution in [3.8, 4) is 6.07 Å². The molecular formula is C15H20N4.